The fourth-order valence-corrected chi connectivity index (χ4v) is 3.42. The summed E-state index contributed by atoms with van der Waals surface area (Å²) in [5, 5.41) is 5.96. The number of amides is 1. The van der Waals surface area contributed by atoms with E-state index in [1.165, 1.54) is 19.1 Å². The van der Waals surface area contributed by atoms with E-state index in [2.05, 4.69) is 10.6 Å². The molecular weight excluding hydrogens is 240 g/mol. The molecule has 2 fully saturated rings. The van der Waals surface area contributed by atoms with Gasteiger partial charge in [-0.15, -0.1) is 0 Å². The highest BCUT2D eigenvalue weighted by molar-refractivity contribution is 7.90. The van der Waals surface area contributed by atoms with Gasteiger partial charge in [0.05, 0.1) is 11.8 Å². The Labute approximate surface area is 102 Å². The Kier molecular flexibility index (Phi) is 3.73. The van der Waals surface area contributed by atoms with E-state index in [1.54, 1.807) is 0 Å². The average molecular weight is 260 g/mol. The van der Waals surface area contributed by atoms with Gasteiger partial charge < -0.3 is 10.6 Å². The lowest BCUT2D eigenvalue weighted by molar-refractivity contribution is -0.123. The summed E-state index contributed by atoms with van der Waals surface area (Å²) in [6.07, 6.45) is 4.72. The lowest BCUT2D eigenvalue weighted by Crippen LogP contribution is -2.45. The molecule has 98 valence electrons. The molecule has 1 aliphatic carbocycles. The van der Waals surface area contributed by atoms with E-state index >= 15 is 0 Å². The summed E-state index contributed by atoms with van der Waals surface area (Å²) < 4.78 is 21.9. The maximum absolute atomic E-state index is 11.9. The van der Waals surface area contributed by atoms with Gasteiger partial charge in [0.15, 0.2) is 0 Å². The second kappa shape index (κ2) is 4.94. The van der Waals surface area contributed by atoms with Crippen LogP contribution in [0.1, 0.15) is 19.3 Å². The van der Waals surface area contributed by atoms with Crippen LogP contribution in [-0.4, -0.2) is 45.5 Å². The lowest BCUT2D eigenvalue weighted by atomic mass is 9.94. The molecule has 0 aromatic carbocycles. The third-order valence-corrected chi connectivity index (χ3v) is 4.75. The van der Waals surface area contributed by atoms with Crippen molar-refractivity contribution in [2.75, 3.05) is 25.1 Å². The zero-order valence-corrected chi connectivity index (χ0v) is 10.9. The van der Waals surface area contributed by atoms with Crippen LogP contribution in [0.5, 0.6) is 0 Å². The summed E-state index contributed by atoms with van der Waals surface area (Å²) in [7, 11) is -3.00. The Bertz CT molecular complexity index is 394. The van der Waals surface area contributed by atoms with Gasteiger partial charge in [0.2, 0.25) is 5.91 Å². The molecule has 1 aliphatic heterocycles. The second-order valence-electron chi connectivity index (χ2n) is 5.16. The fourth-order valence-electron chi connectivity index (χ4n) is 2.94. The molecule has 3 unspecified atom stereocenters. The highest BCUT2D eigenvalue weighted by Gasteiger charge is 2.42. The van der Waals surface area contributed by atoms with Crippen molar-refractivity contribution in [2.45, 2.75) is 25.3 Å². The van der Waals surface area contributed by atoms with Crippen LogP contribution in [0.15, 0.2) is 0 Å². The van der Waals surface area contributed by atoms with Crippen LogP contribution in [0.2, 0.25) is 0 Å². The van der Waals surface area contributed by atoms with Crippen LogP contribution in [-0.2, 0) is 14.6 Å². The van der Waals surface area contributed by atoms with Crippen molar-refractivity contribution in [3.05, 3.63) is 0 Å². The zero-order chi connectivity index (χ0) is 12.5. The van der Waals surface area contributed by atoms with Gasteiger partial charge in [-0.1, -0.05) is 6.42 Å². The number of carbonyl (C=O) groups is 1. The summed E-state index contributed by atoms with van der Waals surface area (Å²) in [4.78, 5) is 11.9. The third-order valence-electron chi connectivity index (χ3n) is 3.80. The van der Waals surface area contributed by atoms with Crippen LogP contribution in [0.4, 0.5) is 0 Å². The molecule has 0 spiro atoms. The van der Waals surface area contributed by atoms with Crippen molar-refractivity contribution >= 4 is 15.7 Å². The summed E-state index contributed by atoms with van der Waals surface area (Å²) in [5.74, 6) is 1.07. The Balaban J connectivity index is 1.80. The van der Waals surface area contributed by atoms with Gasteiger partial charge >= 0.3 is 0 Å². The first-order valence-corrected chi connectivity index (χ1v) is 8.22. The Morgan fingerprint density at radius 2 is 2.18 bits per heavy atom. The van der Waals surface area contributed by atoms with E-state index < -0.39 is 9.84 Å². The monoisotopic (exact) mass is 260 g/mol. The molecule has 1 saturated carbocycles. The van der Waals surface area contributed by atoms with E-state index in [0.717, 1.165) is 13.0 Å². The van der Waals surface area contributed by atoms with E-state index in [-0.39, 0.29) is 24.2 Å². The first-order valence-electron chi connectivity index (χ1n) is 6.16. The molecule has 17 heavy (non-hydrogen) atoms. The van der Waals surface area contributed by atoms with Crippen molar-refractivity contribution in [1.29, 1.82) is 0 Å². The first kappa shape index (κ1) is 12.8. The van der Waals surface area contributed by atoms with Gasteiger partial charge in [0.1, 0.15) is 9.84 Å². The van der Waals surface area contributed by atoms with Crippen molar-refractivity contribution < 1.29 is 13.2 Å². The van der Waals surface area contributed by atoms with E-state index in [1.807, 2.05) is 0 Å². The van der Waals surface area contributed by atoms with E-state index in [4.69, 9.17) is 0 Å². The summed E-state index contributed by atoms with van der Waals surface area (Å²) in [6.45, 7) is 1.14. The average Bonchev–Trinajstić information content (AvgIpc) is 2.74. The van der Waals surface area contributed by atoms with E-state index in [9.17, 15) is 13.2 Å². The predicted molar refractivity (Wildman–Crippen MR) is 65.3 cm³/mol. The van der Waals surface area contributed by atoms with Gasteiger partial charge in [-0.25, -0.2) is 8.42 Å². The quantitative estimate of drug-likeness (QED) is 0.717. The molecule has 2 N–H and O–H groups in total. The maximum atomic E-state index is 11.9. The lowest BCUT2D eigenvalue weighted by Gasteiger charge is -2.17. The fraction of sp³-hybridized carbons (Fsp3) is 0.909. The number of nitrogens with one attached hydrogen (secondary N) is 2. The van der Waals surface area contributed by atoms with Crippen molar-refractivity contribution in [3.63, 3.8) is 0 Å². The largest absolute Gasteiger partial charge is 0.354 e. The Morgan fingerprint density at radius 1 is 1.41 bits per heavy atom. The number of fused-ring (bicyclic) bond motifs is 1. The third kappa shape index (κ3) is 3.19. The van der Waals surface area contributed by atoms with Crippen molar-refractivity contribution in [1.82, 2.24) is 10.6 Å². The molecule has 6 heteroatoms. The smallest absolute Gasteiger partial charge is 0.237 e. The SMILES string of the molecule is CS(=O)(=O)CCNC(=O)C1NCC2CCCC21. The molecule has 1 amide bonds. The minimum absolute atomic E-state index is 0.0134. The van der Waals surface area contributed by atoms with Crippen LogP contribution in [0.3, 0.4) is 0 Å². The van der Waals surface area contributed by atoms with Crippen LogP contribution in [0, 0.1) is 11.8 Å². The molecule has 2 rings (SSSR count). The van der Waals surface area contributed by atoms with Crippen molar-refractivity contribution in [2.24, 2.45) is 11.8 Å². The molecule has 0 radical (unpaired) electrons. The molecule has 0 bridgehead atoms. The molecular formula is C11H20N2O3S. The molecule has 0 aromatic rings. The summed E-state index contributed by atoms with van der Waals surface area (Å²) in [5.41, 5.74) is 0. The van der Waals surface area contributed by atoms with Gasteiger partial charge in [-0.2, -0.15) is 0 Å². The molecule has 1 heterocycles. The molecule has 5 nitrogen and oxygen atoms in total. The number of sulfone groups is 1. The standard InChI is InChI=1S/C11H20N2O3S/c1-17(15,16)6-5-12-11(14)10-9-4-2-3-8(9)7-13-10/h8-10,13H,2-7H2,1H3,(H,12,14). The second-order valence-corrected chi connectivity index (χ2v) is 7.42. The summed E-state index contributed by atoms with van der Waals surface area (Å²) in [6, 6.07) is -0.109. The van der Waals surface area contributed by atoms with Gasteiger partial charge in [0.25, 0.3) is 0 Å². The van der Waals surface area contributed by atoms with Crippen molar-refractivity contribution in [3.8, 4) is 0 Å². The van der Waals surface area contributed by atoms with Gasteiger partial charge in [-0.05, 0) is 31.2 Å². The van der Waals surface area contributed by atoms with Crippen LogP contribution < -0.4 is 10.6 Å². The highest BCUT2D eigenvalue weighted by atomic mass is 32.2. The normalized spacial score (nSPS) is 32.4. The van der Waals surface area contributed by atoms with E-state index in [0.29, 0.717) is 11.8 Å². The molecule has 1 saturated heterocycles. The van der Waals surface area contributed by atoms with Gasteiger partial charge in [-0.3, -0.25) is 4.79 Å². The highest BCUT2D eigenvalue weighted by Crippen LogP contribution is 2.37. The predicted octanol–water partition coefficient (Wildman–Crippen LogP) is -0.465. The van der Waals surface area contributed by atoms with Crippen LogP contribution >= 0.6 is 0 Å². The molecule has 2 aliphatic rings. The number of hydrogen-bond donors (Lipinski definition) is 2. The number of carbonyl (C=O) groups excluding carboxylic acids is 1. The minimum Gasteiger partial charge on any atom is -0.354 e. The first-order chi connectivity index (χ1) is 7.97. The minimum atomic E-state index is -3.00. The van der Waals surface area contributed by atoms with Gasteiger partial charge in [0, 0.05) is 12.8 Å². The molecule has 0 aromatic heterocycles. The topological polar surface area (TPSA) is 75.3 Å². The Morgan fingerprint density at radius 3 is 2.88 bits per heavy atom. The summed E-state index contributed by atoms with van der Waals surface area (Å²) >= 11 is 0. The Hall–Kier alpha value is -0.620. The maximum Gasteiger partial charge on any atom is 0.237 e. The zero-order valence-electron chi connectivity index (χ0n) is 10.1. The molecule has 3 atom stereocenters. The number of rotatable bonds is 4. The van der Waals surface area contributed by atoms with Crippen LogP contribution in [0.25, 0.3) is 0 Å². The number of hydrogen-bond acceptors (Lipinski definition) is 4.